The van der Waals surface area contributed by atoms with Crippen LogP contribution in [-0.2, 0) is 0 Å². The van der Waals surface area contributed by atoms with Crippen molar-refractivity contribution >= 4 is 11.8 Å². The third-order valence-corrected chi connectivity index (χ3v) is 6.04. The number of furan rings is 1. The first-order valence-electron chi connectivity index (χ1n) is 11.4. The van der Waals surface area contributed by atoms with Crippen LogP contribution < -0.4 is 15.5 Å². The lowest BCUT2D eigenvalue weighted by Gasteiger charge is -2.32. The van der Waals surface area contributed by atoms with Gasteiger partial charge in [-0.2, -0.15) is 0 Å². The largest absolute Gasteiger partial charge is 0.468 e. The topological polar surface area (TPSA) is 68.9 Å². The van der Waals surface area contributed by atoms with Crippen LogP contribution in [0.2, 0.25) is 0 Å². The number of anilines is 1. The number of halogens is 1. The second kappa shape index (κ2) is 10.6. The molecule has 0 amide bonds. The molecule has 4 rings (SSSR count). The molecule has 2 aliphatic heterocycles. The van der Waals surface area contributed by atoms with E-state index in [0.29, 0.717) is 18.9 Å². The number of aromatic nitrogens is 1. The van der Waals surface area contributed by atoms with E-state index in [1.54, 1.807) is 18.5 Å². The standard InChI is InChI=1S/C23H33FN6O/c1-2-25-23(28-18-10-14-30(17-18)22-19(24)8-6-11-26-22)27-16-20(21-9-7-15-31-21)29-12-4-3-5-13-29/h6-9,11,15,18,20H,2-5,10,12-14,16-17H2,1H3,(H2,25,27,28). The summed E-state index contributed by atoms with van der Waals surface area (Å²) in [6, 6.07) is 7.42. The average molecular weight is 429 g/mol. The zero-order chi connectivity index (χ0) is 21.5. The van der Waals surface area contributed by atoms with Gasteiger partial charge < -0.3 is 20.0 Å². The lowest BCUT2D eigenvalue weighted by atomic mass is 10.1. The van der Waals surface area contributed by atoms with Crippen molar-refractivity contribution in [3.63, 3.8) is 0 Å². The van der Waals surface area contributed by atoms with Gasteiger partial charge >= 0.3 is 0 Å². The molecule has 2 aromatic heterocycles. The maximum absolute atomic E-state index is 14.1. The Morgan fingerprint density at radius 3 is 2.87 bits per heavy atom. The van der Waals surface area contributed by atoms with Crippen LogP contribution in [-0.4, -0.2) is 61.2 Å². The molecule has 2 aromatic rings. The van der Waals surface area contributed by atoms with Crippen LogP contribution in [0.1, 0.15) is 44.4 Å². The van der Waals surface area contributed by atoms with E-state index in [4.69, 9.17) is 9.41 Å². The molecule has 0 aliphatic carbocycles. The van der Waals surface area contributed by atoms with Gasteiger partial charge in [0.15, 0.2) is 17.6 Å². The summed E-state index contributed by atoms with van der Waals surface area (Å²) >= 11 is 0. The zero-order valence-electron chi connectivity index (χ0n) is 18.3. The van der Waals surface area contributed by atoms with Gasteiger partial charge in [0.1, 0.15) is 5.76 Å². The Balaban J connectivity index is 1.41. The Hall–Kier alpha value is -2.61. The first-order chi connectivity index (χ1) is 15.2. The van der Waals surface area contributed by atoms with E-state index in [1.807, 2.05) is 17.0 Å². The fourth-order valence-electron chi connectivity index (χ4n) is 4.47. The maximum atomic E-state index is 14.1. The van der Waals surface area contributed by atoms with Gasteiger partial charge in [0.05, 0.1) is 18.8 Å². The monoisotopic (exact) mass is 428 g/mol. The van der Waals surface area contributed by atoms with Gasteiger partial charge in [0, 0.05) is 31.9 Å². The van der Waals surface area contributed by atoms with Crippen LogP contribution in [0, 0.1) is 5.82 Å². The Morgan fingerprint density at radius 1 is 1.26 bits per heavy atom. The van der Waals surface area contributed by atoms with Gasteiger partial charge in [-0.15, -0.1) is 0 Å². The predicted octanol–water partition coefficient (Wildman–Crippen LogP) is 3.17. The van der Waals surface area contributed by atoms with Crippen LogP contribution in [0.5, 0.6) is 0 Å². The molecule has 2 N–H and O–H groups in total. The third kappa shape index (κ3) is 5.55. The minimum atomic E-state index is -0.272. The highest BCUT2D eigenvalue weighted by Crippen LogP contribution is 2.25. The Labute approximate surface area is 183 Å². The van der Waals surface area contributed by atoms with Gasteiger partial charge in [-0.1, -0.05) is 6.42 Å². The number of aliphatic imine (C=N–C) groups is 1. The number of nitrogens with one attached hydrogen (secondary N) is 2. The van der Waals surface area contributed by atoms with Crippen molar-refractivity contribution in [2.45, 2.75) is 44.7 Å². The van der Waals surface area contributed by atoms with Crippen LogP contribution >= 0.6 is 0 Å². The summed E-state index contributed by atoms with van der Waals surface area (Å²) in [5.41, 5.74) is 0. The van der Waals surface area contributed by atoms with Crippen LogP contribution in [0.25, 0.3) is 0 Å². The molecule has 2 unspecified atom stereocenters. The third-order valence-electron chi connectivity index (χ3n) is 6.04. The van der Waals surface area contributed by atoms with Gasteiger partial charge in [-0.05, 0) is 63.5 Å². The summed E-state index contributed by atoms with van der Waals surface area (Å²) in [6.45, 7) is 7.12. The van der Waals surface area contributed by atoms with E-state index in [0.717, 1.165) is 44.3 Å². The number of piperidine rings is 1. The molecule has 2 fully saturated rings. The molecule has 4 heterocycles. The van der Waals surface area contributed by atoms with Crippen LogP contribution in [0.4, 0.5) is 10.2 Å². The van der Waals surface area contributed by atoms with E-state index >= 15 is 0 Å². The molecule has 0 spiro atoms. The average Bonchev–Trinajstić information content (AvgIpc) is 3.48. The van der Waals surface area contributed by atoms with Crippen LogP contribution in [0.3, 0.4) is 0 Å². The smallest absolute Gasteiger partial charge is 0.191 e. The molecule has 0 bridgehead atoms. The maximum Gasteiger partial charge on any atom is 0.191 e. The van der Waals surface area contributed by atoms with Crippen LogP contribution in [0.15, 0.2) is 46.1 Å². The minimum absolute atomic E-state index is 0.147. The number of hydrogen-bond donors (Lipinski definition) is 2. The van der Waals surface area contributed by atoms with Crippen molar-refractivity contribution in [2.75, 3.05) is 44.2 Å². The molecule has 0 saturated carbocycles. The fourth-order valence-corrected chi connectivity index (χ4v) is 4.47. The summed E-state index contributed by atoms with van der Waals surface area (Å²) in [5.74, 6) is 1.92. The van der Waals surface area contributed by atoms with Crippen molar-refractivity contribution in [2.24, 2.45) is 4.99 Å². The molecular weight excluding hydrogens is 395 g/mol. The van der Waals surface area contributed by atoms with E-state index in [-0.39, 0.29) is 17.9 Å². The number of guanidine groups is 1. The molecule has 2 saturated heterocycles. The SMILES string of the molecule is CCNC(=NCC(c1ccco1)N1CCCCC1)NC1CCN(c2ncccc2F)C1. The van der Waals surface area contributed by atoms with E-state index in [1.165, 1.54) is 25.3 Å². The number of pyridine rings is 1. The van der Waals surface area contributed by atoms with E-state index in [2.05, 4.69) is 27.4 Å². The summed E-state index contributed by atoms with van der Waals surface area (Å²) < 4.78 is 19.8. The van der Waals surface area contributed by atoms with Gasteiger partial charge in [0.2, 0.25) is 0 Å². The molecule has 2 atom stereocenters. The number of hydrogen-bond acceptors (Lipinski definition) is 5. The normalized spacial score (nSPS) is 21.3. The molecule has 2 aliphatic rings. The Morgan fingerprint density at radius 2 is 2.13 bits per heavy atom. The highest BCUT2D eigenvalue weighted by atomic mass is 19.1. The lowest BCUT2D eigenvalue weighted by Crippen LogP contribution is -2.45. The second-order valence-corrected chi connectivity index (χ2v) is 8.23. The highest BCUT2D eigenvalue weighted by Gasteiger charge is 2.27. The first-order valence-corrected chi connectivity index (χ1v) is 11.4. The number of nitrogens with zero attached hydrogens (tertiary/aromatic N) is 4. The second-order valence-electron chi connectivity index (χ2n) is 8.23. The number of rotatable bonds is 7. The molecule has 0 aromatic carbocycles. The zero-order valence-corrected chi connectivity index (χ0v) is 18.3. The van der Waals surface area contributed by atoms with Crippen molar-refractivity contribution < 1.29 is 8.81 Å². The molecule has 8 heteroatoms. The minimum Gasteiger partial charge on any atom is -0.468 e. The lowest BCUT2D eigenvalue weighted by molar-refractivity contribution is 0.150. The molecule has 168 valence electrons. The fraction of sp³-hybridized carbons (Fsp3) is 0.565. The van der Waals surface area contributed by atoms with Crippen molar-refractivity contribution in [3.8, 4) is 0 Å². The van der Waals surface area contributed by atoms with Gasteiger partial charge in [-0.3, -0.25) is 9.89 Å². The molecule has 31 heavy (non-hydrogen) atoms. The van der Waals surface area contributed by atoms with E-state index < -0.39 is 0 Å². The quantitative estimate of drug-likeness (QED) is 0.522. The van der Waals surface area contributed by atoms with Gasteiger partial charge in [-0.25, -0.2) is 9.37 Å². The first kappa shape index (κ1) is 21.6. The van der Waals surface area contributed by atoms with Crippen molar-refractivity contribution in [3.05, 3.63) is 48.3 Å². The summed E-state index contributed by atoms with van der Waals surface area (Å²) in [5, 5.41) is 6.90. The molecule has 0 radical (unpaired) electrons. The summed E-state index contributed by atoms with van der Waals surface area (Å²) in [7, 11) is 0. The molecular formula is C23H33FN6O. The van der Waals surface area contributed by atoms with E-state index in [9.17, 15) is 4.39 Å². The number of likely N-dealkylation sites (tertiary alicyclic amines) is 1. The molecule has 7 nitrogen and oxygen atoms in total. The summed E-state index contributed by atoms with van der Waals surface area (Å²) in [4.78, 5) is 13.6. The van der Waals surface area contributed by atoms with Gasteiger partial charge in [0.25, 0.3) is 0 Å². The highest BCUT2D eigenvalue weighted by molar-refractivity contribution is 5.80. The Kier molecular flexibility index (Phi) is 7.40. The Bertz CT molecular complexity index is 836. The van der Waals surface area contributed by atoms with Crippen molar-refractivity contribution in [1.82, 2.24) is 20.5 Å². The predicted molar refractivity (Wildman–Crippen MR) is 121 cm³/mol. The van der Waals surface area contributed by atoms with Crippen molar-refractivity contribution in [1.29, 1.82) is 0 Å². The summed E-state index contributed by atoms with van der Waals surface area (Å²) in [6.07, 6.45) is 8.03.